The monoisotopic (exact) mass is 512 g/mol. The molecular weight excluding hydrogens is 491 g/mol. The van der Waals surface area contributed by atoms with Crippen molar-refractivity contribution in [3.63, 3.8) is 0 Å². The number of halogens is 2. The van der Waals surface area contributed by atoms with Crippen molar-refractivity contribution in [3.05, 3.63) is 94.5 Å². The number of benzene rings is 3. The maximum atomic E-state index is 13.6. The Kier molecular flexibility index (Phi) is 6.38. The van der Waals surface area contributed by atoms with E-state index in [4.69, 9.17) is 11.6 Å². The fraction of sp³-hybridized carbons (Fsp3) is 0.107. The highest BCUT2D eigenvalue weighted by Crippen LogP contribution is 2.32. The fourth-order valence-corrected chi connectivity index (χ4v) is 4.29. The second-order valence-electron chi connectivity index (χ2n) is 8.79. The molecule has 0 atom stereocenters. The lowest BCUT2D eigenvalue weighted by atomic mass is 10.1. The van der Waals surface area contributed by atoms with Gasteiger partial charge in [-0.15, -0.1) is 0 Å². The predicted molar refractivity (Wildman–Crippen MR) is 145 cm³/mol. The van der Waals surface area contributed by atoms with E-state index in [1.165, 1.54) is 18.3 Å². The number of H-pyrrole nitrogens is 1. The van der Waals surface area contributed by atoms with Crippen LogP contribution in [-0.2, 0) is 6.54 Å². The molecule has 184 valence electrons. The Hall–Kier alpha value is -4.61. The van der Waals surface area contributed by atoms with Crippen molar-refractivity contribution >= 4 is 56.4 Å². The molecule has 0 aliphatic rings. The Balaban J connectivity index is 1.42. The van der Waals surface area contributed by atoms with Gasteiger partial charge in [0.05, 0.1) is 28.3 Å². The molecule has 5 rings (SSSR count). The third kappa shape index (κ3) is 4.90. The topological polar surface area (TPSA) is 96.8 Å². The highest BCUT2D eigenvalue weighted by molar-refractivity contribution is 6.31. The molecule has 0 aliphatic carbocycles. The minimum Gasteiger partial charge on any atom is -0.379 e. The zero-order chi connectivity index (χ0) is 26.1. The summed E-state index contributed by atoms with van der Waals surface area (Å²) in [6.45, 7) is 0.513. The minimum atomic E-state index is -0.517. The molecule has 7 nitrogen and oxygen atoms in total. The average molecular weight is 513 g/mol. The molecule has 0 fully saturated rings. The summed E-state index contributed by atoms with van der Waals surface area (Å²) in [5.41, 5.74) is 5.45. The van der Waals surface area contributed by atoms with Crippen LogP contribution < -0.4 is 10.6 Å². The molecule has 0 unspecified atom stereocenters. The number of nitrogens with zero attached hydrogens (tertiary/aromatic N) is 3. The number of carbonyl (C=O) groups is 1. The summed E-state index contributed by atoms with van der Waals surface area (Å²) in [5, 5.41) is 18.0. The zero-order valence-electron chi connectivity index (χ0n) is 20.1. The molecule has 0 aliphatic heterocycles. The van der Waals surface area contributed by atoms with Gasteiger partial charge in [-0.2, -0.15) is 5.26 Å². The lowest BCUT2D eigenvalue weighted by Crippen LogP contribution is -2.21. The number of aromatic amines is 1. The Bertz CT molecular complexity index is 1710. The van der Waals surface area contributed by atoms with E-state index >= 15 is 0 Å². The van der Waals surface area contributed by atoms with Crippen molar-refractivity contribution in [1.82, 2.24) is 14.9 Å². The SMILES string of the molecule is CN(C)C(=O)c1ccc2cc(CNc3ccc4ncc(C#N)c(Nc5ccc(F)c(Cl)c5)c4c3)[nH]c2c1. The Morgan fingerprint density at radius 1 is 1.11 bits per heavy atom. The van der Waals surface area contributed by atoms with Crippen LogP contribution in [0.1, 0.15) is 21.6 Å². The zero-order valence-corrected chi connectivity index (χ0v) is 20.8. The summed E-state index contributed by atoms with van der Waals surface area (Å²) in [7, 11) is 3.45. The van der Waals surface area contributed by atoms with Crippen LogP contribution in [0, 0.1) is 17.1 Å². The number of amides is 1. The highest BCUT2D eigenvalue weighted by Gasteiger charge is 2.13. The third-order valence-electron chi connectivity index (χ3n) is 5.99. The van der Waals surface area contributed by atoms with E-state index in [-0.39, 0.29) is 10.9 Å². The normalized spacial score (nSPS) is 10.9. The summed E-state index contributed by atoms with van der Waals surface area (Å²) < 4.78 is 13.6. The smallest absolute Gasteiger partial charge is 0.253 e. The van der Waals surface area contributed by atoms with Crippen molar-refractivity contribution < 1.29 is 9.18 Å². The third-order valence-corrected chi connectivity index (χ3v) is 6.28. The number of anilines is 3. The largest absolute Gasteiger partial charge is 0.379 e. The molecule has 3 aromatic carbocycles. The van der Waals surface area contributed by atoms with E-state index in [0.717, 1.165) is 27.7 Å². The van der Waals surface area contributed by atoms with Crippen molar-refractivity contribution in [2.24, 2.45) is 0 Å². The van der Waals surface area contributed by atoms with E-state index in [1.54, 1.807) is 25.1 Å². The summed E-state index contributed by atoms with van der Waals surface area (Å²) in [6, 6.07) is 19.8. The van der Waals surface area contributed by atoms with Crippen LogP contribution in [0.3, 0.4) is 0 Å². The van der Waals surface area contributed by atoms with Crippen LogP contribution in [0.2, 0.25) is 5.02 Å². The van der Waals surface area contributed by atoms with Gasteiger partial charge >= 0.3 is 0 Å². The molecule has 2 heterocycles. The number of carbonyl (C=O) groups excluding carboxylic acids is 1. The van der Waals surface area contributed by atoms with Crippen molar-refractivity contribution in [2.75, 3.05) is 24.7 Å². The molecule has 0 radical (unpaired) electrons. The molecule has 9 heteroatoms. The number of rotatable bonds is 6. The van der Waals surface area contributed by atoms with Gasteiger partial charge in [-0.05, 0) is 60.0 Å². The first kappa shape index (κ1) is 24.1. The first-order valence-corrected chi connectivity index (χ1v) is 11.8. The molecule has 2 aromatic heterocycles. The molecule has 5 aromatic rings. The molecule has 0 spiro atoms. The van der Waals surface area contributed by atoms with Gasteiger partial charge in [-0.3, -0.25) is 9.78 Å². The number of nitrogens with one attached hydrogen (secondary N) is 3. The number of fused-ring (bicyclic) bond motifs is 2. The van der Waals surface area contributed by atoms with E-state index < -0.39 is 5.82 Å². The van der Waals surface area contributed by atoms with Gasteiger partial charge in [-0.1, -0.05) is 17.7 Å². The van der Waals surface area contributed by atoms with Gasteiger partial charge in [0.1, 0.15) is 11.9 Å². The molecule has 0 saturated heterocycles. The number of hydrogen-bond acceptors (Lipinski definition) is 5. The second-order valence-corrected chi connectivity index (χ2v) is 9.20. The molecule has 0 bridgehead atoms. The van der Waals surface area contributed by atoms with Crippen LogP contribution >= 0.6 is 11.6 Å². The van der Waals surface area contributed by atoms with Crippen molar-refractivity contribution in [1.29, 1.82) is 5.26 Å². The van der Waals surface area contributed by atoms with Gasteiger partial charge < -0.3 is 20.5 Å². The maximum Gasteiger partial charge on any atom is 0.253 e. The Morgan fingerprint density at radius 2 is 1.92 bits per heavy atom. The van der Waals surface area contributed by atoms with E-state index in [9.17, 15) is 14.4 Å². The Labute approximate surface area is 217 Å². The van der Waals surface area contributed by atoms with Crippen LogP contribution in [0.15, 0.2) is 66.9 Å². The first-order valence-electron chi connectivity index (χ1n) is 11.4. The molecule has 0 saturated carbocycles. The van der Waals surface area contributed by atoms with Gasteiger partial charge in [0.15, 0.2) is 0 Å². The van der Waals surface area contributed by atoms with E-state index in [0.29, 0.717) is 34.6 Å². The Morgan fingerprint density at radius 3 is 2.68 bits per heavy atom. The van der Waals surface area contributed by atoms with Gasteiger partial charge in [0.2, 0.25) is 0 Å². The van der Waals surface area contributed by atoms with Crippen LogP contribution in [0.25, 0.3) is 21.8 Å². The summed E-state index contributed by atoms with van der Waals surface area (Å²) in [4.78, 5) is 21.6. The van der Waals surface area contributed by atoms with Crippen molar-refractivity contribution in [3.8, 4) is 6.07 Å². The van der Waals surface area contributed by atoms with Gasteiger partial charge in [-0.25, -0.2) is 4.39 Å². The molecule has 1 amide bonds. The fourth-order valence-electron chi connectivity index (χ4n) is 4.11. The van der Waals surface area contributed by atoms with Gasteiger partial charge in [0, 0.05) is 53.8 Å². The van der Waals surface area contributed by atoms with Crippen LogP contribution in [0.5, 0.6) is 0 Å². The van der Waals surface area contributed by atoms with Crippen molar-refractivity contribution in [2.45, 2.75) is 6.54 Å². The number of hydrogen-bond donors (Lipinski definition) is 3. The maximum absolute atomic E-state index is 13.6. The lowest BCUT2D eigenvalue weighted by Gasteiger charge is -2.13. The average Bonchev–Trinajstić information content (AvgIpc) is 3.31. The van der Waals surface area contributed by atoms with Crippen LogP contribution in [0.4, 0.5) is 21.5 Å². The minimum absolute atomic E-state index is 0.0132. The second kappa shape index (κ2) is 9.80. The van der Waals surface area contributed by atoms with E-state index in [1.807, 2.05) is 42.5 Å². The number of nitriles is 1. The molecular formula is C28H22ClFN6O. The van der Waals surface area contributed by atoms with Crippen LogP contribution in [-0.4, -0.2) is 34.9 Å². The lowest BCUT2D eigenvalue weighted by molar-refractivity contribution is 0.0827. The summed E-state index contributed by atoms with van der Waals surface area (Å²) in [6.07, 6.45) is 1.50. The first-order chi connectivity index (χ1) is 17.8. The highest BCUT2D eigenvalue weighted by atomic mass is 35.5. The number of aromatic nitrogens is 2. The summed E-state index contributed by atoms with van der Waals surface area (Å²) in [5.74, 6) is -0.568. The predicted octanol–water partition coefficient (Wildman–Crippen LogP) is 6.44. The van der Waals surface area contributed by atoms with E-state index in [2.05, 4.69) is 26.7 Å². The van der Waals surface area contributed by atoms with Gasteiger partial charge in [0.25, 0.3) is 5.91 Å². The molecule has 37 heavy (non-hydrogen) atoms. The standard InChI is InChI=1S/C28H22ClFN6O/c1-36(2)28(37)17-4-3-16-9-21(34-26(16)10-17)15-32-19-6-8-25-22(11-19)27(18(13-31)14-33-25)35-20-5-7-24(30)23(29)12-20/h3-12,14,32,34H,15H2,1-2H3,(H,33,35). The quantitative estimate of drug-likeness (QED) is 0.243. The summed E-state index contributed by atoms with van der Waals surface area (Å²) >= 11 is 5.94. The number of pyridine rings is 1. The molecule has 3 N–H and O–H groups in total.